The number of anilines is 1. The summed E-state index contributed by atoms with van der Waals surface area (Å²) in [5, 5.41) is 8.88. The van der Waals surface area contributed by atoms with Crippen LogP contribution >= 0.6 is 0 Å². The average molecular weight is 376 g/mol. The lowest BCUT2D eigenvalue weighted by Crippen LogP contribution is -2.36. The summed E-state index contributed by atoms with van der Waals surface area (Å²) in [4.78, 5) is 14.3. The Bertz CT molecular complexity index is 876. The van der Waals surface area contributed by atoms with Crippen molar-refractivity contribution in [2.24, 2.45) is 5.92 Å². The number of halogens is 4. The normalized spacial score (nSPS) is 15.4. The molecule has 0 amide bonds. The molecular weight excluding hydrogens is 360 g/mol. The zero-order chi connectivity index (χ0) is 19.6. The first-order valence-corrected chi connectivity index (χ1v) is 8.45. The molecule has 0 unspecified atom stereocenters. The van der Waals surface area contributed by atoms with Crippen LogP contribution in [0.4, 0.5) is 23.2 Å². The Morgan fingerprint density at radius 3 is 2.26 bits per heavy atom. The van der Waals surface area contributed by atoms with Crippen molar-refractivity contribution in [1.29, 1.82) is 5.26 Å². The van der Waals surface area contributed by atoms with Crippen molar-refractivity contribution in [3.8, 4) is 6.07 Å². The Balaban J connectivity index is 1.71. The molecule has 0 spiro atoms. The number of hydrogen-bond acceptors (Lipinski definition) is 3. The van der Waals surface area contributed by atoms with E-state index in [4.69, 9.17) is 5.26 Å². The minimum Gasteiger partial charge on any atom is -0.371 e. The zero-order valence-electron chi connectivity index (χ0n) is 14.3. The van der Waals surface area contributed by atoms with E-state index < -0.39 is 23.1 Å². The third kappa shape index (κ3) is 4.11. The highest BCUT2D eigenvalue weighted by molar-refractivity contribution is 5.98. The first kappa shape index (κ1) is 18.9. The van der Waals surface area contributed by atoms with Crippen molar-refractivity contribution in [3.63, 3.8) is 0 Å². The molecule has 3 nitrogen and oxygen atoms in total. The fourth-order valence-electron chi connectivity index (χ4n) is 3.31. The lowest BCUT2D eigenvalue weighted by molar-refractivity contribution is -0.137. The van der Waals surface area contributed by atoms with Crippen LogP contribution in [0.3, 0.4) is 0 Å². The molecule has 2 aromatic carbocycles. The fraction of sp³-hybridized carbons (Fsp3) is 0.300. The highest BCUT2D eigenvalue weighted by Crippen LogP contribution is 2.35. The van der Waals surface area contributed by atoms with E-state index in [0.29, 0.717) is 37.2 Å². The largest absolute Gasteiger partial charge is 0.417 e. The van der Waals surface area contributed by atoms with Crippen molar-refractivity contribution in [2.75, 3.05) is 18.0 Å². The summed E-state index contributed by atoms with van der Waals surface area (Å²) in [6, 6.07) is 10.6. The summed E-state index contributed by atoms with van der Waals surface area (Å²) < 4.78 is 52.4. The number of piperidine rings is 1. The predicted octanol–water partition coefficient (Wildman–Crippen LogP) is 4.82. The molecule has 0 atom stereocenters. The number of benzene rings is 2. The molecule has 0 aliphatic carbocycles. The van der Waals surface area contributed by atoms with Crippen LogP contribution in [-0.2, 0) is 6.18 Å². The van der Waals surface area contributed by atoms with Crippen molar-refractivity contribution < 1.29 is 22.4 Å². The molecule has 3 rings (SSSR count). The SMILES string of the molecule is N#Cc1ccc(N2CCC(C(=O)c3ccc(F)cc3)CC2)cc1C(F)(F)F. The van der Waals surface area contributed by atoms with Gasteiger partial charge in [-0.25, -0.2) is 4.39 Å². The Hall–Kier alpha value is -2.88. The first-order chi connectivity index (χ1) is 12.8. The van der Waals surface area contributed by atoms with Gasteiger partial charge in [0.25, 0.3) is 0 Å². The van der Waals surface area contributed by atoms with Crippen LogP contribution in [0.1, 0.15) is 34.3 Å². The summed E-state index contributed by atoms with van der Waals surface area (Å²) in [5.41, 5.74) is -0.541. The second-order valence-corrected chi connectivity index (χ2v) is 6.47. The minimum atomic E-state index is -4.60. The third-order valence-electron chi connectivity index (χ3n) is 4.79. The molecule has 140 valence electrons. The number of ketones is 1. The highest BCUT2D eigenvalue weighted by atomic mass is 19.4. The number of carbonyl (C=O) groups is 1. The molecule has 7 heteroatoms. The number of carbonyl (C=O) groups excluding carboxylic acids is 1. The van der Waals surface area contributed by atoms with Gasteiger partial charge in [-0.05, 0) is 55.3 Å². The van der Waals surface area contributed by atoms with Crippen LogP contribution in [0.2, 0.25) is 0 Å². The molecule has 0 bridgehead atoms. The van der Waals surface area contributed by atoms with Gasteiger partial charge in [0, 0.05) is 30.3 Å². The van der Waals surface area contributed by atoms with Crippen LogP contribution in [-0.4, -0.2) is 18.9 Å². The molecule has 1 fully saturated rings. The topological polar surface area (TPSA) is 44.1 Å². The van der Waals surface area contributed by atoms with E-state index in [1.807, 2.05) is 0 Å². The maximum Gasteiger partial charge on any atom is 0.417 e. The molecular formula is C20H16F4N2O. The van der Waals surface area contributed by atoms with E-state index in [-0.39, 0.29) is 11.7 Å². The van der Waals surface area contributed by atoms with E-state index in [0.717, 1.165) is 6.07 Å². The third-order valence-corrected chi connectivity index (χ3v) is 4.79. The summed E-state index contributed by atoms with van der Waals surface area (Å²) >= 11 is 0. The van der Waals surface area contributed by atoms with Crippen LogP contribution < -0.4 is 4.90 Å². The molecule has 1 saturated heterocycles. The van der Waals surface area contributed by atoms with Crippen molar-refractivity contribution in [3.05, 3.63) is 65.0 Å². The quantitative estimate of drug-likeness (QED) is 0.570. The second-order valence-electron chi connectivity index (χ2n) is 6.47. The number of Topliss-reactive ketones (excluding diaryl/α,β-unsaturated/α-hetero) is 1. The van der Waals surface area contributed by atoms with Gasteiger partial charge in [0.2, 0.25) is 0 Å². The standard InChI is InChI=1S/C20H16F4N2O/c21-16-4-1-13(2-5-16)19(27)14-7-9-26(10-8-14)17-6-3-15(12-25)18(11-17)20(22,23)24/h1-6,11,14H,7-10H2. The van der Waals surface area contributed by atoms with Gasteiger partial charge in [0.15, 0.2) is 5.78 Å². The maximum atomic E-state index is 13.1. The van der Waals surface area contributed by atoms with Gasteiger partial charge in [0.1, 0.15) is 5.82 Å². The van der Waals surface area contributed by atoms with E-state index in [9.17, 15) is 22.4 Å². The molecule has 0 radical (unpaired) electrons. The first-order valence-electron chi connectivity index (χ1n) is 8.45. The molecule has 0 aromatic heterocycles. The minimum absolute atomic E-state index is 0.0783. The van der Waals surface area contributed by atoms with E-state index >= 15 is 0 Å². The Morgan fingerprint density at radius 2 is 1.70 bits per heavy atom. The number of alkyl halides is 3. The van der Waals surface area contributed by atoms with Gasteiger partial charge < -0.3 is 4.90 Å². The van der Waals surface area contributed by atoms with Gasteiger partial charge in [-0.3, -0.25) is 4.79 Å². The summed E-state index contributed by atoms with van der Waals surface area (Å²) in [6.07, 6.45) is -3.60. The highest BCUT2D eigenvalue weighted by Gasteiger charge is 2.34. The smallest absolute Gasteiger partial charge is 0.371 e. The van der Waals surface area contributed by atoms with Crippen molar-refractivity contribution in [2.45, 2.75) is 19.0 Å². The van der Waals surface area contributed by atoms with Gasteiger partial charge >= 0.3 is 6.18 Å². The van der Waals surface area contributed by atoms with E-state index in [1.54, 1.807) is 11.0 Å². The molecule has 0 saturated carbocycles. The lowest BCUT2D eigenvalue weighted by atomic mass is 9.88. The molecule has 2 aromatic rings. The summed E-state index contributed by atoms with van der Waals surface area (Å²) in [7, 11) is 0. The van der Waals surface area contributed by atoms with Crippen LogP contribution in [0.25, 0.3) is 0 Å². The Labute approximate surface area is 153 Å². The average Bonchev–Trinajstić information content (AvgIpc) is 2.67. The van der Waals surface area contributed by atoms with Crippen LogP contribution in [0, 0.1) is 23.1 Å². The molecule has 0 N–H and O–H groups in total. The van der Waals surface area contributed by atoms with Gasteiger partial charge in [0.05, 0.1) is 17.2 Å². The van der Waals surface area contributed by atoms with Gasteiger partial charge in [-0.15, -0.1) is 0 Å². The van der Waals surface area contributed by atoms with Crippen LogP contribution in [0.15, 0.2) is 42.5 Å². The molecule has 1 aliphatic heterocycles. The summed E-state index contributed by atoms with van der Waals surface area (Å²) in [6.45, 7) is 0.863. The van der Waals surface area contributed by atoms with Gasteiger partial charge in [-0.2, -0.15) is 18.4 Å². The lowest BCUT2D eigenvalue weighted by Gasteiger charge is -2.33. The van der Waals surface area contributed by atoms with E-state index in [2.05, 4.69) is 0 Å². The number of nitriles is 1. The monoisotopic (exact) mass is 376 g/mol. The zero-order valence-corrected chi connectivity index (χ0v) is 14.3. The van der Waals surface area contributed by atoms with Gasteiger partial charge in [-0.1, -0.05) is 0 Å². The Kier molecular flexibility index (Phi) is 5.17. The molecule has 1 heterocycles. The van der Waals surface area contributed by atoms with Crippen molar-refractivity contribution >= 4 is 11.5 Å². The predicted molar refractivity (Wildman–Crippen MR) is 91.8 cm³/mol. The summed E-state index contributed by atoms with van der Waals surface area (Å²) in [5.74, 6) is -0.736. The molecule has 27 heavy (non-hydrogen) atoms. The second kappa shape index (κ2) is 7.39. The molecule has 1 aliphatic rings. The number of nitrogens with zero attached hydrogens (tertiary/aromatic N) is 2. The number of rotatable bonds is 3. The van der Waals surface area contributed by atoms with Crippen LogP contribution in [0.5, 0.6) is 0 Å². The maximum absolute atomic E-state index is 13.1. The Morgan fingerprint density at radius 1 is 1.07 bits per heavy atom. The number of hydrogen-bond donors (Lipinski definition) is 0. The van der Waals surface area contributed by atoms with E-state index in [1.165, 1.54) is 36.4 Å². The fourth-order valence-corrected chi connectivity index (χ4v) is 3.31. The van der Waals surface area contributed by atoms with Crippen molar-refractivity contribution in [1.82, 2.24) is 0 Å².